The summed E-state index contributed by atoms with van der Waals surface area (Å²) in [7, 11) is 3.54. The molecule has 6 heteroatoms. The van der Waals surface area contributed by atoms with Crippen LogP contribution in [-0.4, -0.2) is 29.8 Å². The number of halogens is 1. The minimum absolute atomic E-state index is 0.309. The van der Waals surface area contributed by atoms with E-state index >= 15 is 0 Å². The third kappa shape index (κ3) is 4.84. The highest BCUT2D eigenvalue weighted by atomic mass is 19.1. The van der Waals surface area contributed by atoms with Crippen LogP contribution in [0.5, 0.6) is 5.75 Å². The quantitative estimate of drug-likeness (QED) is 0.755. The van der Waals surface area contributed by atoms with E-state index in [-0.39, 0.29) is 5.82 Å². The van der Waals surface area contributed by atoms with E-state index in [1.165, 1.54) is 12.1 Å². The topological polar surface area (TPSA) is 48.3 Å². The molecular weight excluding hydrogens is 273 g/mol. The molecule has 0 unspecified atom stereocenters. The number of methoxy groups -OCH3 is 1. The molecule has 1 N–H and O–H groups in total. The number of nitrogens with one attached hydrogen (secondary N) is 1. The van der Waals surface area contributed by atoms with Crippen molar-refractivity contribution in [3.8, 4) is 5.75 Å². The van der Waals surface area contributed by atoms with Crippen LogP contribution in [0.2, 0.25) is 0 Å². The van der Waals surface area contributed by atoms with Crippen molar-refractivity contribution in [1.29, 1.82) is 0 Å². The zero-order chi connectivity index (χ0) is 15.1. The van der Waals surface area contributed by atoms with E-state index < -0.39 is 0 Å². The Bertz CT molecular complexity index is 572. The monoisotopic (exact) mass is 293 g/mol. The summed E-state index contributed by atoms with van der Waals surface area (Å²) in [5.41, 5.74) is 0.834. The fourth-order valence-electron chi connectivity index (χ4n) is 1.90. The first-order valence-corrected chi connectivity index (χ1v) is 6.77. The minimum atomic E-state index is -0.309. The highest BCUT2D eigenvalue weighted by Gasteiger charge is 2.04. The zero-order valence-electron chi connectivity index (χ0n) is 12.3. The van der Waals surface area contributed by atoms with Crippen molar-refractivity contribution >= 4 is 0 Å². The van der Waals surface area contributed by atoms with Gasteiger partial charge >= 0.3 is 0 Å². The Hall–Kier alpha value is -1.92. The van der Waals surface area contributed by atoms with Crippen molar-refractivity contribution in [1.82, 2.24) is 14.9 Å². The number of hydrogen-bond acceptors (Lipinski definition) is 4. The van der Waals surface area contributed by atoms with Crippen LogP contribution < -0.4 is 10.1 Å². The second-order valence-electron chi connectivity index (χ2n) is 4.71. The zero-order valence-corrected chi connectivity index (χ0v) is 12.3. The van der Waals surface area contributed by atoms with E-state index in [9.17, 15) is 4.39 Å². The number of benzene rings is 1. The van der Waals surface area contributed by atoms with Crippen molar-refractivity contribution in [2.75, 3.05) is 20.3 Å². The summed E-state index contributed by atoms with van der Waals surface area (Å²) in [5, 5.41) is 3.17. The van der Waals surface area contributed by atoms with Gasteiger partial charge in [-0.15, -0.1) is 0 Å². The van der Waals surface area contributed by atoms with Gasteiger partial charge in [-0.1, -0.05) is 0 Å². The molecule has 0 fully saturated rings. The first-order chi connectivity index (χ1) is 10.2. The molecule has 114 valence electrons. The molecule has 0 aliphatic heterocycles. The van der Waals surface area contributed by atoms with E-state index in [4.69, 9.17) is 9.47 Å². The third-order valence-corrected chi connectivity index (χ3v) is 3.03. The Labute approximate surface area is 123 Å². The van der Waals surface area contributed by atoms with Crippen LogP contribution in [0, 0.1) is 5.82 Å². The molecule has 0 aliphatic carbocycles. The van der Waals surface area contributed by atoms with Crippen LogP contribution in [0.1, 0.15) is 11.4 Å². The average Bonchev–Trinajstić information content (AvgIpc) is 2.86. The maximum atomic E-state index is 13.6. The van der Waals surface area contributed by atoms with Gasteiger partial charge in [0.2, 0.25) is 0 Å². The number of hydrogen-bond donors (Lipinski definition) is 1. The van der Waals surface area contributed by atoms with Crippen molar-refractivity contribution in [2.24, 2.45) is 7.05 Å². The normalized spacial score (nSPS) is 10.8. The molecule has 0 bridgehead atoms. The molecule has 1 aromatic carbocycles. The molecule has 0 amide bonds. The largest absolute Gasteiger partial charge is 0.486 e. The van der Waals surface area contributed by atoms with Gasteiger partial charge in [-0.3, -0.25) is 0 Å². The predicted molar refractivity (Wildman–Crippen MR) is 77.5 cm³/mol. The van der Waals surface area contributed by atoms with E-state index in [0.29, 0.717) is 25.5 Å². The minimum Gasteiger partial charge on any atom is -0.486 e. The molecule has 2 rings (SSSR count). The van der Waals surface area contributed by atoms with Crippen molar-refractivity contribution in [2.45, 2.75) is 13.2 Å². The molecule has 0 saturated heterocycles. The van der Waals surface area contributed by atoms with Crippen LogP contribution in [0.25, 0.3) is 0 Å². The van der Waals surface area contributed by atoms with Gasteiger partial charge in [-0.05, 0) is 17.7 Å². The second-order valence-corrected chi connectivity index (χ2v) is 4.71. The lowest BCUT2D eigenvalue weighted by Crippen LogP contribution is -2.18. The van der Waals surface area contributed by atoms with Crippen LogP contribution in [0.3, 0.4) is 0 Å². The molecular formula is C15H20FN3O2. The third-order valence-electron chi connectivity index (χ3n) is 3.03. The average molecular weight is 293 g/mol. The number of aryl methyl sites for hydroxylation is 1. The molecule has 0 saturated carbocycles. The van der Waals surface area contributed by atoms with E-state index in [1.54, 1.807) is 13.3 Å². The second kappa shape index (κ2) is 7.75. The molecule has 0 atom stereocenters. The fraction of sp³-hybridized carbons (Fsp3) is 0.400. The Kier molecular flexibility index (Phi) is 5.71. The standard InChI is InChI=1S/C15H20FN3O2/c1-19-5-3-18-15(19)11-21-14-8-12(7-13(16)9-14)10-17-4-6-20-2/h3,5,7-9,17H,4,6,10-11H2,1-2H3. The SMILES string of the molecule is COCCNCc1cc(F)cc(OCc2nccn2C)c1. The van der Waals surface area contributed by atoms with Crippen LogP contribution in [0.4, 0.5) is 4.39 Å². The summed E-state index contributed by atoms with van der Waals surface area (Å²) in [6.45, 7) is 2.22. The summed E-state index contributed by atoms with van der Waals surface area (Å²) in [5.74, 6) is 0.983. The lowest BCUT2D eigenvalue weighted by Gasteiger charge is -2.09. The van der Waals surface area contributed by atoms with Gasteiger partial charge < -0.3 is 19.4 Å². The van der Waals surface area contributed by atoms with Crippen molar-refractivity contribution < 1.29 is 13.9 Å². The molecule has 1 heterocycles. The van der Waals surface area contributed by atoms with Gasteiger partial charge in [0.05, 0.1) is 6.61 Å². The summed E-state index contributed by atoms with van der Waals surface area (Å²) in [6.07, 6.45) is 3.55. The molecule has 21 heavy (non-hydrogen) atoms. The number of imidazole rings is 1. The predicted octanol–water partition coefficient (Wildman–Crippen LogP) is 1.87. The first-order valence-electron chi connectivity index (χ1n) is 6.77. The van der Waals surface area contributed by atoms with Crippen molar-refractivity contribution in [3.05, 3.63) is 47.8 Å². The smallest absolute Gasteiger partial charge is 0.146 e. The molecule has 1 aromatic heterocycles. The Morgan fingerprint density at radius 2 is 2.19 bits per heavy atom. The van der Waals surface area contributed by atoms with Crippen LogP contribution in [-0.2, 0) is 24.9 Å². The highest BCUT2D eigenvalue weighted by molar-refractivity contribution is 5.29. The summed E-state index contributed by atoms with van der Waals surface area (Å²) >= 11 is 0. The first kappa shape index (κ1) is 15.5. The summed E-state index contributed by atoms with van der Waals surface area (Å²) in [4.78, 5) is 4.16. The maximum absolute atomic E-state index is 13.6. The van der Waals surface area contributed by atoms with E-state index in [0.717, 1.165) is 17.9 Å². The number of ether oxygens (including phenoxy) is 2. The number of aromatic nitrogens is 2. The highest BCUT2D eigenvalue weighted by Crippen LogP contribution is 2.17. The lowest BCUT2D eigenvalue weighted by molar-refractivity contribution is 0.199. The molecule has 2 aromatic rings. The Balaban J connectivity index is 1.93. The van der Waals surface area contributed by atoms with Crippen LogP contribution >= 0.6 is 0 Å². The van der Waals surface area contributed by atoms with Gasteiger partial charge in [0.15, 0.2) is 0 Å². The van der Waals surface area contributed by atoms with Gasteiger partial charge in [-0.25, -0.2) is 9.37 Å². The van der Waals surface area contributed by atoms with Gasteiger partial charge in [0, 0.05) is 45.7 Å². The van der Waals surface area contributed by atoms with Gasteiger partial charge in [0.1, 0.15) is 24.0 Å². The van der Waals surface area contributed by atoms with Gasteiger partial charge in [0.25, 0.3) is 0 Å². The molecule has 0 aliphatic rings. The van der Waals surface area contributed by atoms with E-state index in [1.807, 2.05) is 23.9 Å². The molecule has 5 nitrogen and oxygen atoms in total. The number of rotatable bonds is 8. The summed E-state index contributed by atoms with van der Waals surface area (Å²) < 4.78 is 26.0. The summed E-state index contributed by atoms with van der Waals surface area (Å²) in [6, 6.07) is 4.70. The van der Waals surface area contributed by atoms with Crippen LogP contribution in [0.15, 0.2) is 30.6 Å². The van der Waals surface area contributed by atoms with E-state index in [2.05, 4.69) is 10.3 Å². The molecule has 0 spiro atoms. The van der Waals surface area contributed by atoms with Crippen molar-refractivity contribution in [3.63, 3.8) is 0 Å². The Morgan fingerprint density at radius 3 is 2.90 bits per heavy atom. The fourth-order valence-corrected chi connectivity index (χ4v) is 1.90. The van der Waals surface area contributed by atoms with Gasteiger partial charge in [-0.2, -0.15) is 0 Å². The number of nitrogens with zero attached hydrogens (tertiary/aromatic N) is 2. The lowest BCUT2D eigenvalue weighted by atomic mass is 10.2. The Morgan fingerprint density at radius 1 is 1.33 bits per heavy atom. The maximum Gasteiger partial charge on any atom is 0.146 e. The molecule has 0 radical (unpaired) electrons.